The minimum Gasteiger partial charge on any atom is -0.508 e. The predicted molar refractivity (Wildman–Crippen MR) is 129 cm³/mol. The molecule has 1 fully saturated rings. The zero-order chi connectivity index (χ0) is 24.1. The van der Waals surface area contributed by atoms with Crippen LogP contribution >= 0.6 is 23.4 Å². The average molecular weight is 502 g/mol. The second-order valence-electron chi connectivity index (χ2n) is 7.41. The maximum absolute atomic E-state index is 13.2. The highest BCUT2D eigenvalue weighted by molar-refractivity contribution is 8.01. The molecule has 4 rings (SSSR count). The molecule has 10 heteroatoms. The van der Waals surface area contributed by atoms with Crippen LogP contribution in [0.5, 0.6) is 11.5 Å². The van der Waals surface area contributed by atoms with Gasteiger partial charge in [0.1, 0.15) is 27.9 Å². The summed E-state index contributed by atoms with van der Waals surface area (Å²) in [6.45, 7) is -0.0745. The summed E-state index contributed by atoms with van der Waals surface area (Å²) in [5, 5.41) is 14.0. The summed E-state index contributed by atoms with van der Waals surface area (Å²) in [6, 6.07) is 19.0. The number of nitrogens with zero attached hydrogens (tertiary/aromatic N) is 1. The van der Waals surface area contributed by atoms with E-state index in [9.17, 15) is 19.1 Å². The van der Waals surface area contributed by atoms with E-state index in [1.54, 1.807) is 54.6 Å². The Hall–Kier alpha value is -3.43. The Bertz CT molecular complexity index is 1160. The van der Waals surface area contributed by atoms with E-state index < -0.39 is 16.5 Å². The first kappa shape index (κ1) is 23.7. The van der Waals surface area contributed by atoms with E-state index in [2.05, 4.69) is 10.7 Å². The van der Waals surface area contributed by atoms with Crippen molar-refractivity contribution < 1.29 is 23.8 Å². The van der Waals surface area contributed by atoms with Crippen molar-refractivity contribution in [3.8, 4) is 11.5 Å². The van der Waals surface area contributed by atoms with Crippen LogP contribution in [0.1, 0.15) is 10.9 Å². The van der Waals surface area contributed by atoms with Crippen LogP contribution in [0.25, 0.3) is 0 Å². The lowest BCUT2D eigenvalue weighted by Crippen LogP contribution is -2.48. The van der Waals surface area contributed by atoms with Gasteiger partial charge in [0.25, 0.3) is 11.8 Å². The van der Waals surface area contributed by atoms with E-state index in [0.29, 0.717) is 22.0 Å². The molecule has 0 spiro atoms. The molecule has 1 aliphatic heterocycles. The van der Waals surface area contributed by atoms with E-state index >= 15 is 0 Å². The summed E-state index contributed by atoms with van der Waals surface area (Å²) >= 11 is 7.14. The third-order valence-electron chi connectivity index (χ3n) is 5.01. The van der Waals surface area contributed by atoms with Crippen LogP contribution in [-0.4, -0.2) is 40.3 Å². The smallest absolute Gasteiger partial charge is 0.276 e. The minimum atomic E-state index is -0.645. The molecule has 3 aromatic rings. The Morgan fingerprint density at radius 1 is 1.09 bits per heavy atom. The number of aromatic hydroxyl groups is 1. The normalized spacial score (nSPS) is 17.5. The largest absolute Gasteiger partial charge is 0.508 e. The van der Waals surface area contributed by atoms with E-state index in [-0.39, 0.29) is 30.6 Å². The van der Waals surface area contributed by atoms with Crippen molar-refractivity contribution in [2.45, 2.75) is 10.6 Å². The lowest BCUT2D eigenvalue weighted by atomic mass is 10.2. The molecule has 3 aromatic carbocycles. The van der Waals surface area contributed by atoms with Crippen molar-refractivity contribution >= 4 is 40.9 Å². The van der Waals surface area contributed by atoms with Gasteiger partial charge in [-0.25, -0.2) is 9.40 Å². The molecule has 0 radical (unpaired) electrons. The SMILES string of the molecule is O=C(COc1ccc(Cl)cc1)NN1C(=O)C(CNc2ccc(F)cc2)SC1c1ccccc1O. The molecule has 0 saturated carbocycles. The van der Waals surface area contributed by atoms with Gasteiger partial charge in [0, 0.05) is 22.8 Å². The number of hydrazine groups is 1. The van der Waals surface area contributed by atoms with Crippen molar-refractivity contribution in [2.24, 2.45) is 0 Å². The molecule has 1 saturated heterocycles. The van der Waals surface area contributed by atoms with Crippen LogP contribution in [0.15, 0.2) is 72.8 Å². The lowest BCUT2D eigenvalue weighted by molar-refractivity contribution is -0.141. The molecule has 176 valence electrons. The summed E-state index contributed by atoms with van der Waals surface area (Å²) < 4.78 is 18.6. The van der Waals surface area contributed by atoms with E-state index in [4.69, 9.17) is 16.3 Å². The number of benzene rings is 3. The van der Waals surface area contributed by atoms with Gasteiger partial charge < -0.3 is 15.2 Å². The Morgan fingerprint density at radius 3 is 2.50 bits per heavy atom. The Morgan fingerprint density at radius 2 is 1.79 bits per heavy atom. The van der Waals surface area contributed by atoms with E-state index in [0.717, 1.165) is 0 Å². The van der Waals surface area contributed by atoms with Gasteiger partial charge in [-0.2, -0.15) is 0 Å². The maximum Gasteiger partial charge on any atom is 0.276 e. The Labute approximate surface area is 204 Å². The number of halogens is 2. The second-order valence-corrected chi connectivity index (χ2v) is 9.13. The van der Waals surface area contributed by atoms with Gasteiger partial charge >= 0.3 is 0 Å². The number of ether oxygens (including phenoxy) is 1. The number of nitrogens with one attached hydrogen (secondary N) is 2. The highest BCUT2D eigenvalue weighted by Crippen LogP contribution is 2.44. The van der Waals surface area contributed by atoms with Crippen LogP contribution < -0.4 is 15.5 Å². The number of para-hydroxylation sites is 1. The molecular weight excluding hydrogens is 481 g/mol. The van der Waals surface area contributed by atoms with E-state index in [1.807, 2.05) is 0 Å². The molecule has 0 aromatic heterocycles. The summed E-state index contributed by atoms with van der Waals surface area (Å²) in [7, 11) is 0. The molecule has 0 bridgehead atoms. The van der Waals surface area contributed by atoms with Gasteiger partial charge in [-0.05, 0) is 54.6 Å². The van der Waals surface area contributed by atoms with Gasteiger partial charge in [0.2, 0.25) is 0 Å². The molecular formula is C24H21ClFN3O4S. The fraction of sp³-hybridized carbons (Fsp3) is 0.167. The summed E-state index contributed by atoms with van der Waals surface area (Å²) in [5.74, 6) is -0.757. The Balaban J connectivity index is 1.45. The van der Waals surface area contributed by atoms with Crippen molar-refractivity contribution in [1.29, 1.82) is 0 Å². The first-order valence-corrected chi connectivity index (χ1v) is 11.7. The van der Waals surface area contributed by atoms with Gasteiger partial charge in [0.05, 0.1) is 0 Å². The van der Waals surface area contributed by atoms with Crippen LogP contribution in [0.3, 0.4) is 0 Å². The maximum atomic E-state index is 13.2. The second kappa shape index (κ2) is 10.7. The molecule has 1 heterocycles. The minimum absolute atomic E-state index is 0.0107. The van der Waals surface area contributed by atoms with Crippen LogP contribution in [-0.2, 0) is 9.59 Å². The summed E-state index contributed by atoms with van der Waals surface area (Å²) in [6.07, 6.45) is 0. The molecule has 1 aliphatic rings. The monoisotopic (exact) mass is 501 g/mol. The highest BCUT2D eigenvalue weighted by atomic mass is 35.5. The summed E-state index contributed by atoms with van der Waals surface area (Å²) in [4.78, 5) is 25.8. The van der Waals surface area contributed by atoms with Crippen molar-refractivity contribution in [3.05, 3.63) is 89.2 Å². The van der Waals surface area contributed by atoms with Gasteiger partial charge in [-0.1, -0.05) is 29.8 Å². The van der Waals surface area contributed by atoms with Gasteiger partial charge in [-0.15, -0.1) is 11.8 Å². The number of anilines is 1. The highest BCUT2D eigenvalue weighted by Gasteiger charge is 2.43. The quantitative estimate of drug-likeness (QED) is 0.425. The fourth-order valence-corrected chi connectivity index (χ4v) is 4.80. The summed E-state index contributed by atoms with van der Waals surface area (Å²) in [5.41, 5.74) is 3.76. The van der Waals surface area contributed by atoms with Crippen molar-refractivity contribution in [1.82, 2.24) is 10.4 Å². The molecule has 2 unspecified atom stereocenters. The molecule has 2 amide bonds. The van der Waals surface area contributed by atoms with Gasteiger partial charge in [0.15, 0.2) is 6.61 Å². The first-order chi connectivity index (χ1) is 16.4. The van der Waals surface area contributed by atoms with Gasteiger partial charge in [-0.3, -0.25) is 15.0 Å². The zero-order valence-electron chi connectivity index (χ0n) is 17.8. The molecule has 0 aliphatic carbocycles. The first-order valence-electron chi connectivity index (χ1n) is 10.3. The number of rotatable bonds is 8. The number of hydrogen-bond donors (Lipinski definition) is 3. The molecule has 7 nitrogen and oxygen atoms in total. The number of phenolic OH excluding ortho intramolecular Hbond substituents is 1. The van der Waals surface area contributed by atoms with Crippen LogP contribution in [0, 0.1) is 5.82 Å². The molecule has 3 N–H and O–H groups in total. The lowest BCUT2D eigenvalue weighted by Gasteiger charge is -2.25. The van der Waals surface area contributed by atoms with Crippen LogP contribution in [0.2, 0.25) is 5.02 Å². The third kappa shape index (κ3) is 5.73. The number of hydrogen-bond acceptors (Lipinski definition) is 6. The van der Waals surface area contributed by atoms with Crippen molar-refractivity contribution in [2.75, 3.05) is 18.5 Å². The average Bonchev–Trinajstić information content (AvgIpc) is 3.13. The number of carbonyl (C=O) groups is 2. The predicted octanol–water partition coefficient (Wildman–Crippen LogP) is 4.35. The standard InChI is InChI=1S/C24H21ClFN3O4S/c25-15-5-11-18(12-6-15)33-14-22(31)28-29-23(32)21(13-27-17-9-7-16(26)8-10-17)34-24(29)19-3-1-2-4-20(19)30/h1-12,21,24,27,30H,13-14H2,(H,28,31). The number of amides is 2. The van der Waals surface area contributed by atoms with Crippen LogP contribution in [0.4, 0.5) is 10.1 Å². The van der Waals surface area contributed by atoms with E-state index in [1.165, 1.54) is 35.0 Å². The number of phenols is 1. The fourth-order valence-electron chi connectivity index (χ4n) is 3.33. The number of carbonyl (C=O) groups excluding carboxylic acids is 2. The number of thioether (sulfide) groups is 1. The molecule has 34 heavy (non-hydrogen) atoms. The third-order valence-corrected chi connectivity index (χ3v) is 6.68. The van der Waals surface area contributed by atoms with Crippen molar-refractivity contribution in [3.63, 3.8) is 0 Å². The molecule has 2 atom stereocenters. The Kier molecular flexibility index (Phi) is 7.44. The topological polar surface area (TPSA) is 90.9 Å². The zero-order valence-corrected chi connectivity index (χ0v) is 19.4.